The van der Waals surface area contributed by atoms with Crippen LogP contribution in [0.4, 0.5) is 0 Å². The summed E-state index contributed by atoms with van der Waals surface area (Å²) in [6.07, 6.45) is 4.35. The van der Waals surface area contributed by atoms with Crippen LogP contribution in [0.3, 0.4) is 0 Å². The van der Waals surface area contributed by atoms with Crippen LogP contribution in [-0.4, -0.2) is 42.2 Å². The van der Waals surface area contributed by atoms with Crippen molar-refractivity contribution in [2.45, 2.75) is 44.3 Å². The molecule has 1 aliphatic carbocycles. The molecule has 126 valence electrons. The number of carbonyl (C=O) groups excluding carboxylic acids is 1. The van der Waals surface area contributed by atoms with Crippen molar-refractivity contribution in [1.82, 2.24) is 4.90 Å². The molecule has 1 aromatic rings. The van der Waals surface area contributed by atoms with E-state index in [1.807, 2.05) is 42.3 Å². The highest BCUT2D eigenvalue weighted by Crippen LogP contribution is 2.35. The fourth-order valence-electron chi connectivity index (χ4n) is 3.96. The molecule has 0 bridgehead atoms. The van der Waals surface area contributed by atoms with Crippen LogP contribution in [0.5, 0.6) is 0 Å². The second kappa shape index (κ2) is 7.45. The summed E-state index contributed by atoms with van der Waals surface area (Å²) < 4.78 is 5.94. The van der Waals surface area contributed by atoms with Crippen molar-refractivity contribution in [3.8, 4) is 0 Å². The summed E-state index contributed by atoms with van der Waals surface area (Å²) in [5, 5.41) is 10.00. The Morgan fingerprint density at radius 1 is 1.22 bits per heavy atom. The molecule has 1 amide bonds. The molecule has 1 saturated heterocycles. The van der Waals surface area contributed by atoms with Crippen LogP contribution in [0.2, 0.25) is 0 Å². The number of amides is 1. The second-order valence-corrected chi connectivity index (χ2v) is 6.93. The zero-order chi connectivity index (χ0) is 16.2. The highest BCUT2D eigenvalue weighted by atomic mass is 16.5. The fraction of sp³-hybridized carbons (Fsp3) is 0.632. The smallest absolute Gasteiger partial charge is 0.228 e. The van der Waals surface area contributed by atoms with E-state index in [0.29, 0.717) is 13.2 Å². The minimum Gasteiger partial charge on any atom is -0.393 e. The Labute approximate surface area is 138 Å². The van der Waals surface area contributed by atoms with Gasteiger partial charge in [-0.15, -0.1) is 0 Å². The summed E-state index contributed by atoms with van der Waals surface area (Å²) >= 11 is 0. The molecule has 4 unspecified atom stereocenters. The summed E-state index contributed by atoms with van der Waals surface area (Å²) in [5.41, 5.74) is 1.08. The highest BCUT2D eigenvalue weighted by Gasteiger charge is 2.36. The normalized spacial score (nSPS) is 31.0. The molecule has 4 atom stereocenters. The largest absolute Gasteiger partial charge is 0.393 e. The van der Waals surface area contributed by atoms with Gasteiger partial charge < -0.3 is 14.7 Å². The Morgan fingerprint density at radius 3 is 2.70 bits per heavy atom. The molecule has 1 heterocycles. The van der Waals surface area contributed by atoms with Crippen molar-refractivity contribution in [1.29, 1.82) is 0 Å². The van der Waals surface area contributed by atoms with Gasteiger partial charge in [0.15, 0.2) is 0 Å². The third kappa shape index (κ3) is 3.75. The zero-order valence-electron chi connectivity index (χ0n) is 13.9. The van der Waals surface area contributed by atoms with Crippen LogP contribution in [0.1, 0.15) is 43.8 Å². The Bertz CT molecular complexity index is 519. The number of carbonyl (C=O) groups is 1. The lowest BCUT2D eigenvalue weighted by Gasteiger charge is -2.34. The van der Waals surface area contributed by atoms with Gasteiger partial charge in [-0.3, -0.25) is 4.79 Å². The number of ether oxygens (including phenoxy) is 1. The summed E-state index contributed by atoms with van der Waals surface area (Å²) in [4.78, 5) is 14.8. The summed E-state index contributed by atoms with van der Waals surface area (Å²) in [5.74, 6) is 0.260. The first-order chi connectivity index (χ1) is 11.2. The van der Waals surface area contributed by atoms with E-state index < -0.39 is 0 Å². The van der Waals surface area contributed by atoms with Gasteiger partial charge in [-0.25, -0.2) is 0 Å². The molecule has 3 rings (SSSR count). The maximum atomic E-state index is 12.9. The van der Waals surface area contributed by atoms with Crippen LogP contribution in [0.15, 0.2) is 30.3 Å². The summed E-state index contributed by atoms with van der Waals surface area (Å²) in [6, 6.07) is 10.0. The number of aliphatic hydroxyl groups is 1. The van der Waals surface area contributed by atoms with Gasteiger partial charge in [0, 0.05) is 26.1 Å². The lowest BCUT2D eigenvalue weighted by molar-refractivity contribution is -0.145. The predicted molar refractivity (Wildman–Crippen MR) is 88.8 cm³/mol. The van der Waals surface area contributed by atoms with Crippen molar-refractivity contribution in [3.05, 3.63) is 35.9 Å². The second-order valence-electron chi connectivity index (χ2n) is 6.93. The standard InChI is InChI=1S/C19H27NO3/c1-20(13-15-9-5-11-17(15)21)19(22)16-10-6-12-23-18(16)14-7-3-2-4-8-14/h2-4,7-8,15-18,21H,5-6,9-13H2,1H3. The monoisotopic (exact) mass is 317 g/mol. The lowest BCUT2D eigenvalue weighted by Crippen LogP contribution is -2.41. The maximum absolute atomic E-state index is 12.9. The van der Waals surface area contributed by atoms with Crippen molar-refractivity contribution in [2.75, 3.05) is 20.2 Å². The third-order valence-corrected chi connectivity index (χ3v) is 5.27. The molecule has 4 heteroatoms. The zero-order valence-corrected chi connectivity index (χ0v) is 13.9. The number of hydrogen-bond acceptors (Lipinski definition) is 3. The molecule has 2 fully saturated rings. The van der Waals surface area contributed by atoms with Gasteiger partial charge in [0.25, 0.3) is 0 Å². The van der Waals surface area contributed by atoms with E-state index >= 15 is 0 Å². The van der Waals surface area contributed by atoms with Gasteiger partial charge >= 0.3 is 0 Å². The van der Waals surface area contributed by atoms with Crippen molar-refractivity contribution >= 4 is 5.91 Å². The molecule has 0 spiro atoms. The average molecular weight is 317 g/mol. The summed E-state index contributed by atoms with van der Waals surface area (Å²) in [7, 11) is 1.87. The van der Waals surface area contributed by atoms with E-state index in [4.69, 9.17) is 4.74 Å². The lowest BCUT2D eigenvalue weighted by atomic mass is 9.88. The SMILES string of the molecule is CN(CC1CCCC1O)C(=O)C1CCCOC1c1ccccc1. The van der Waals surface area contributed by atoms with E-state index in [-0.39, 0.29) is 30.0 Å². The van der Waals surface area contributed by atoms with Gasteiger partial charge in [-0.1, -0.05) is 36.8 Å². The van der Waals surface area contributed by atoms with Gasteiger partial charge in [0.05, 0.1) is 18.1 Å². The molecular weight excluding hydrogens is 290 g/mol. The molecule has 1 N–H and O–H groups in total. The van der Waals surface area contributed by atoms with Crippen LogP contribution < -0.4 is 0 Å². The van der Waals surface area contributed by atoms with E-state index in [1.165, 1.54) is 0 Å². The molecule has 23 heavy (non-hydrogen) atoms. The first-order valence-corrected chi connectivity index (χ1v) is 8.76. The maximum Gasteiger partial charge on any atom is 0.228 e. The number of aliphatic hydroxyl groups excluding tert-OH is 1. The van der Waals surface area contributed by atoms with Crippen LogP contribution >= 0.6 is 0 Å². The van der Waals surface area contributed by atoms with Crippen molar-refractivity contribution in [3.63, 3.8) is 0 Å². The number of hydrogen-bond donors (Lipinski definition) is 1. The molecule has 1 saturated carbocycles. The molecule has 1 aromatic carbocycles. The topological polar surface area (TPSA) is 49.8 Å². The molecule has 4 nitrogen and oxygen atoms in total. The number of benzene rings is 1. The van der Waals surface area contributed by atoms with E-state index in [2.05, 4.69) is 0 Å². The first kappa shape index (κ1) is 16.5. The minimum absolute atomic E-state index is 0.116. The fourth-order valence-corrected chi connectivity index (χ4v) is 3.96. The van der Waals surface area contributed by atoms with Gasteiger partial charge in [0.2, 0.25) is 5.91 Å². The minimum atomic E-state index is -0.252. The molecule has 0 aromatic heterocycles. The van der Waals surface area contributed by atoms with Crippen LogP contribution in [0, 0.1) is 11.8 Å². The predicted octanol–water partition coefficient (Wildman–Crippen LogP) is 2.77. The molecular formula is C19H27NO3. The Morgan fingerprint density at radius 2 is 2.00 bits per heavy atom. The Kier molecular flexibility index (Phi) is 5.34. The molecule has 0 radical (unpaired) electrons. The molecule has 2 aliphatic rings. The first-order valence-electron chi connectivity index (χ1n) is 8.76. The third-order valence-electron chi connectivity index (χ3n) is 5.27. The summed E-state index contributed by atoms with van der Waals surface area (Å²) in [6.45, 7) is 1.37. The van der Waals surface area contributed by atoms with Gasteiger partial charge in [0.1, 0.15) is 0 Å². The van der Waals surface area contributed by atoms with Gasteiger partial charge in [-0.2, -0.15) is 0 Å². The van der Waals surface area contributed by atoms with Crippen molar-refractivity contribution in [2.24, 2.45) is 11.8 Å². The number of nitrogens with zero attached hydrogens (tertiary/aromatic N) is 1. The van der Waals surface area contributed by atoms with Crippen LogP contribution in [-0.2, 0) is 9.53 Å². The van der Waals surface area contributed by atoms with Crippen molar-refractivity contribution < 1.29 is 14.6 Å². The highest BCUT2D eigenvalue weighted by molar-refractivity contribution is 5.79. The van der Waals surface area contributed by atoms with Gasteiger partial charge in [-0.05, 0) is 31.2 Å². The average Bonchev–Trinajstić information content (AvgIpc) is 3.00. The quantitative estimate of drug-likeness (QED) is 0.929. The van der Waals surface area contributed by atoms with E-state index in [1.54, 1.807) is 0 Å². The van der Waals surface area contributed by atoms with Crippen LogP contribution in [0.25, 0.3) is 0 Å². The Balaban J connectivity index is 1.68. The van der Waals surface area contributed by atoms with E-state index in [9.17, 15) is 9.90 Å². The Hall–Kier alpha value is -1.39. The molecule has 1 aliphatic heterocycles. The van der Waals surface area contributed by atoms with E-state index in [0.717, 1.165) is 37.7 Å². The number of rotatable bonds is 4.